The molecule has 0 aromatic heterocycles. The van der Waals surface area contributed by atoms with Crippen molar-refractivity contribution in [1.29, 1.82) is 5.26 Å². The van der Waals surface area contributed by atoms with Gasteiger partial charge in [-0.3, -0.25) is 0 Å². The summed E-state index contributed by atoms with van der Waals surface area (Å²) in [6.45, 7) is 1.12. The predicted octanol–water partition coefficient (Wildman–Crippen LogP) is 4.21. The molecule has 0 radical (unpaired) electrons. The summed E-state index contributed by atoms with van der Waals surface area (Å²) in [5.41, 5.74) is 2.00. The molecule has 0 spiro atoms. The van der Waals surface area contributed by atoms with Crippen LogP contribution in [0.3, 0.4) is 0 Å². The number of nitrogens with one attached hydrogen (secondary N) is 1. The van der Waals surface area contributed by atoms with Crippen molar-refractivity contribution in [2.45, 2.75) is 43.9 Å². The lowest BCUT2D eigenvalue weighted by Gasteiger charge is -2.32. The Kier molecular flexibility index (Phi) is 4.64. The molecule has 23 heavy (non-hydrogen) atoms. The summed E-state index contributed by atoms with van der Waals surface area (Å²) in [6.07, 6.45) is 7.46. The van der Waals surface area contributed by atoms with Crippen molar-refractivity contribution in [3.05, 3.63) is 35.4 Å². The average molecular weight is 327 g/mol. The van der Waals surface area contributed by atoms with E-state index in [-0.39, 0.29) is 0 Å². The first-order chi connectivity index (χ1) is 11.4. The van der Waals surface area contributed by atoms with Crippen LogP contribution in [-0.4, -0.2) is 18.3 Å². The zero-order valence-corrected chi connectivity index (χ0v) is 14.5. The molecule has 1 aromatic rings. The third-order valence-corrected chi connectivity index (χ3v) is 7.48. The average Bonchev–Trinajstić information content (AvgIpc) is 3.27. The standard InChI is InChI=1S/C20H26N2S/c21-12-14-4-1-2-5-15(14)13-23-9-8-22-20-11-16-10-19(20)18-7-3-6-17(16)18/h1-2,4-5,16-20,22H,3,6-11,13H2/t16-,17+,18-,19+,20-/m1/s1. The highest BCUT2D eigenvalue weighted by Gasteiger charge is 2.53. The molecule has 1 aromatic carbocycles. The van der Waals surface area contributed by atoms with E-state index in [1.165, 1.54) is 37.7 Å². The highest BCUT2D eigenvalue weighted by Crippen LogP contribution is 2.58. The third-order valence-electron chi connectivity index (χ3n) is 6.48. The number of benzene rings is 1. The lowest BCUT2D eigenvalue weighted by atomic mass is 9.79. The van der Waals surface area contributed by atoms with Gasteiger partial charge in [-0.1, -0.05) is 24.6 Å². The fourth-order valence-electron chi connectivity index (χ4n) is 5.56. The summed E-state index contributed by atoms with van der Waals surface area (Å²) in [5.74, 6) is 6.27. The molecule has 4 rings (SSSR count). The lowest BCUT2D eigenvalue weighted by molar-refractivity contribution is 0.211. The minimum absolute atomic E-state index is 0.798. The number of fused-ring (bicyclic) bond motifs is 5. The molecule has 3 fully saturated rings. The monoisotopic (exact) mass is 326 g/mol. The van der Waals surface area contributed by atoms with E-state index in [4.69, 9.17) is 5.26 Å². The molecule has 2 nitrogen and oxygen atoms in total. The maximum Gasteiger partial charge on any atom is 0.0994 e. The predicted molar refractivity (Wildman–Crippen MR) is 96.2 cm³/mol. The largest absolute Gasteiger partial charge is 0.313 e. The van der Waals surface area contributed by atoms with Gasteiger partial charge in [-0.25, -0.2) is 0 Å². The maximum absolute atomic E-state index is 9.13. The molecule has 5 atom stereocenters. The summed E-state index contributed by atoms with van der Waals surface area (Å²) in [4.78, 5) is 0. The molecule has 0 amide bonds. The highest BCUT2D eigenvalue weighted by atomic mass is 32.2. The van der Waals surface area contributed by atoms with Crippen LogP contribution in [0.4, 0.5) is 0 Å². The van der Waals surface area contributed by atoms with Gasteiger partial charge in [0.2, 0.25) is 0 Å². The number of hydrogen-bond acceptors (Lipinski definition) is 3. The summed E-state index contributed by atoms with van der Waals surface area (Å²) in [6, 6.07) is 11.1. The smallest absolute Gasteiger partial charge is 0.0994 e. The molecular formula is C20H26N2S. The number of hydrogen-bond donors (Lipinski definition) is 1. The summed E-state index contributed by atoms with van der Waals surface area (Å²) in [7, 11) is 0. The van der Waals surface area contributed by atoms with Crippen molar-refractivity contribution in [2.75, 3.05) is 12.3 Å². The molecular weight excluding hydrogens is 300 g/mol. The molecule has 122 valence electrons. The van der Waals surface area contributed by atoms with Crippen molar-refractivity contribution >= 4 is 11.8 Å². The quantitative estimate of drug-likeness (QED) is 0.796. The summed E-state index contributed by atoms with van der Waals surface area (Å²) >= 11 is 1.95. The van der Waals surface area contributed by atoms with Crippen LogP contribution in [0.1, 0.15) is 43.2 Å². The third kappa shape index (κ3) is 3.04. The van der Waals surface area contributed by atoms with Gasteiger partial charge in [0.1, 0.15) is 0 Å². The van der Waals surface area contributed by atoms with Crippen LogP contribution in [0, 0.1) is 35.0 Å². The first-order valence-corrected chi connectivity index (χ1v) is 10.3. The van der Waals surface area contributed by atoms with Crippen LogP contribution in [-0.2, 0) is 5.75 Å². The molecule has 1 N–H and O–H groups in total. The van der Waals surface area contributed by atoms with Crippen molar-refractivity contribution in [3.8, 4) is 6.07 Å². The van der Waals surface area contributed by atoms with Gasteiger partial charge in [0.15, 0.2) is 0 Å². The highest BCUT2D eigenvalue weighted by molar-refractivity contribution is 7.98. The SMILES string of the molecule is N#Cc1ccccc1CSCCN[C@@H]1C[C@H]2C[C@H]1[C@@H]1CCC[C@@H]21. The first-order valence-electron chi connectivity index (χ1n) is 9.16. The van der Waals surface area contributed by atoms with E-state index in [0.717, 1.165) is 53.3 Å². The molecule has 3 heteroatoms. The summed E-state index contributed by atoms with van der Waals surface area (Å²) in [5, 5.41) is 13.0. The van der Waals surface area contributed by atoms with E-state index >= 15 is 0 Å². The van der Waals surface area contributed by atoms with E-state index in [1.54, 1.807) is 0 Å². The van der Waals surface area contributed by atoms with Crippen LogP contribution in [0.25, 0.3) is 0 Å². The van der Waals surface area contributed by atoms with E-state index in [0.29, 0.717) is 0 Å². The molecule has 2 bridgehead atoms. The molecule has 3 aliphatic rings. The fourth-order valence-corrected chi connectivity index (χ4v) is 6.43. The Balaban J connectivity index is 1.19. The van der Waals surface area contributed by atoms with Gasteiger partial charge >= 0.3 is 0 Å². The molecule has 0 heterocycles. The zero-order chi connectivity index (χ0) is 15.6. The Morgan fingerprint density at radius 3 is 2.91 bits per heavy atom. The lowest BCUT2D eigenvalue weighted by Crippen LogP contribution is -2.40. The number of nitrogens with zero attached hydrogens (tertiary/aromatic N) is 1. The molecule has 0 unspecified atom stereocenters. The second-order valence-electron chi connectivity index (χ2n) is 7.54. The van der Waals surface area contributed by atoms with Crippen LogP contribution in [0.5, 0.6) is 0 Å². The van der Waals surface area contributed by atoms with Gasteiger partial charge in [-0.05, 0) is 61.0 Å². The minimum atomic E-state index is 0.798. The maximum atomic E-state index is 9.13. The topological polar surface area (TPSA) is 35.8 Å². The molecule has 3 saturated carbocycles. The van der Waals surface area contributed by atoms with E-state index < -0.39 is 0 Å². The van der Waals surface area contributed by atoms with Gasteiger partial charge in [0.05, 0.1) is 11.6 Å². The van der Waals surface area contributed by atoms with Gasteiger partial charge in [0, 0.05) is 24.1 Å². The zero-order valence-electron chi connectivity index (χ0n) is 13.7. The van der Waals surface area contributed by atoms with Crippen LogP contribution < -0.4 is 5.32 Å². The normalized spacial score (nSPS) is 34.5. The van der Waals surface area contributed by atoms with Crippen molar-refractivity contribution in [3.63, 3.8) is 0 Å². The van der Waals surface area contributed by atoms with Crippen LogP contribution in [0.15, 0.2) is 24.3 Å². The first kappa shape index (κ1) is 15.5. The van der Waals surface area contributed by atoms with Crippen molar-refractivity contribution in [1.82, 2.24) is 5.32 Å². The van der Waals surface area contributed by atoms with Gasteiger partial charge in [0.25, 0.3) is 0 Å². The summed E-state index contributed by atoms with van der Waals surface area (Å²) < 4.78 is 0. The number of rotatable bonds is 6. The van der Waals surface area contributed by atoms with E-state index in [9.17, 15) is 0 Å². The fraction of sp³-hybridized carbons (Fsp3) is 0.650. The molecule has 3 aliphatic carbocycles. The second kappa shape index (κ2) is 6.87. The Morgan fingerprint density at radius 1 is 1.13 bits per heavy atom. The Bertz CT molecular complexity index is 594. The van der Waals surface area contributed by atoms with Gasteiger partial charge < -0.3 is 5.32 Å². The van der Waals surface area contributed by atoms with Crippen LogP contribution >= 0.6 is 11.8 Å². The Labute approximate surface area is 144 Å². The number of thioether (sulfide) groups is 1. The van der Waals surface area contributed by atoms with E-state index in [2.05, 4.69) is 17.5 Å². The van der Waals surface area contributed by atoms with Crippen molar-refractivity contribution in [2.24, 2.45) is 23.7 Å². The minimum Gasteiger partial charge on any atom is -0.313 e. The van der Waals surface area contributed by atoms with E-state index in [1.807, 2.05) is 30.0 Å². The Hall–Kier alpha value is -0.980. The van der Waals surface area contributed by atoms with Gasteiger partial charge in [-0.15, -0.1) is 0 Å². The molecule has 0 saturated heterocycles. The van der Waals surface area contributed by atoms with Crippen LogP contribution in [0.2, 0.25) is 0 Å². The van der Waals surface area contributed by atoms with Crippen molar-refractivity contribution < 1.29 is 0 Å². The second-order valence-corrected chi connectivity index (χ2v) is 8.64. The van der Waals surface area contributed by atoms with Gasteiger partial charge in [-0.2, -0.15) is 17.0 Å². The number of nitriles is 1. The Morgan fingerprint density at radius 2 is 2.00 bits per heavy atom. The molecule has 0 aliphatic heterocycles.